The predicted octanol–water partition coefficient (Wildman–Crippen LogP) is 5.97. The van der Waals surface area contributed by atoms with E-state index >= 15 is 0 Å². The van der Waals surface area contributed by atoms with Gasteiger partial charge in [-0.1, -0.05) is 41.9 Å². The third kappa shape index (κ3) is 4.04. The number of aromatic nitrogens is 1. The molecule has 7 heteroatoms. The van der Waals surface area contributed by atoms with Gasteiger partial charge in [0.15, 0.2) is 5.17 Å². The zero-order valence-electron chi connectivity index (χ0n) is 15.2. The molecule has 4 rings (SSSR count). The Balaban J connectivity index is 1.57. The van der Waals surface area contributed by atoms with Gasteiger partial charge >= 0.3 is 0 Å². The third-order valence-electron chi connectivity index (χ3n) is 4.20. The van der Waals surface area contributed by atoms with Gasteiger partial charge in [0, 0.05) is 16.0 Å². The topological polar surface area (TPSA) is 54.4 Å². The number of nitrogens with zero attached hydrogens (tertiary/aromatic N) is 2. The highest BCUT2D eigenvalue weighted by Crippen LogP contribution is 2.32. The molecule has 1 amide bonds. The summed E-state index contributed by atoms with van der Waals surface area (Å²) in [5, 5.41) is 6.94. The second kappa shape index (κ2) is 7.91. The largest absolute Gasteiger partial charge is 0.300 e. The first kappa shape index (κ1) is 18.9. The molecule has 3 aromatic rings. The van der Waals surface area contributed by atoms with Crippen LogP contribution in [0.2, 0.25) is 5.02 Å². The van der Waals surface area contributed by atoms with Crippen LogP contribution in [-0.2, 0) is 4.79 Å². The van der Waals surface area contributed by atoms with Gasteiger partial charge in [0.25, 0.3) is 5.91 Å². The van der Waals surface area contributed by atoms with Crippen molar-refractivity contribution in [1.29, 1.82) is 0 Å². The Kier molecular flexibility index (Phi) is 5.35. The Labute approximate surface area is 176 Å². The number of aliphatic imine (C=N–C) groups is 1. The van der Waals surface area contributed by atoms with Crippen molar-refractivity contribution in [3.8, 4) is 10.6 Å². The highest BCUT2D eigenvalue weighted by atomic mass is 35.5. The van der Waals surface area contributed by atoms with Crippen LogP contribution in [0.4, 0.5) is 5.69 Å². The molecule has 0 radical (unpaired) electrons. The van der Waals surface area contributed by atoms with Crippen LogP contribution in [0.1, 0.15) is 16.8 Å². The number of amidine groups is 1. The normalized spacial score (nSPS) is 16.8. The van der Waals surface area contributed by atoms with Crippen molar-refractivity contribution in [2.24, 2.45) is 4.99 Å². The van der Waals surface area contributed by atoms with Gasteiger partial charge in [0.1, 0.15) is 5.01 Å². The highest BCUT2D eigenvalue weighted by molar-refractivity contribution is 8.18. The molecule has 4 nitrogen and oxygen atoms in total. The number of amides is 1. The molecule has 1 fully saturated rings. The number of aryl methyl sites for hydroxylation is 2. The second-order valence-corrected chi connectivity index (χ2v) is 8.63. The number of thioether (sulfide) groups is 1. The van der Waals surface area contributed by atoms with Gasteiger partial charge in [-0.3, -0.25) is 4.79 Å². The molecule has 0 spiro atoms. The SMILES string of the molecule is Cc1cccc(C)c1N=C1NC(=O)/C(=C\c2csc(-c3ccc(Cl)cc3)n2)S1. The van der Waals surface area contributed by atoms with Crippen LogP contribution in [0, 0.1) is 13.8 Å². The maximum atomic E-state index is 12.3. The van der Waals surface area contributed by atoms with Crippen molar-refractivity contribution in [3.05, 3.63) is 74.6 Å². The van der Waals surface area contributed by atoms with E-state index in [0.717, 1.165) is 33.1 Å². The maximum Gasteiger partial charge on any atom is 0.264 e. The maximum absolute atomic E-state index is 12.3. The molecule has 28 heavy (non-hydrogen) atoms. The molecule has 2 heterocycles. The van der Waals surface area contributed by atoms with Crippen molar-refractivity contribution in [1.82, 2.24) is 10.3 Å². The zero-order valence-corrected chi connectivity index (χ0v) is 17.6. The fourth-order valence-corrected chi connectivity index (χ4v) is 4.50. The second-order valence-electron chi connectivity index (χ2n) is 6.31. The smallest absolute Gasteiger partial charge is 0.264 e. The van der Waals surface area contributed by atoms with Gasteiger partial charge in [0.2, 0.25) is 0 Å². The molecule has 1 saturated heterocycles. The Morgan fingerprint density at radius 1 is 1.11 bits per heavy atom. The third-order valence-corrected chi connectivity index (χ3v) is 6.27. The molecule has 0 saturated carbocycles. The molecule has 140 valence electrons. The lowest BCUT2D eigenvalue weighted by Crippen LogP contribution is -2.19. The molecule has 0 bridgehead atoms. The number of thiazole rings is 1. The number of carbonyl (C=O) groups excluding carboxylic acids is 1. The van der Waals surface area contributed by atoms with Crippen LogP contribution in [0.3, 0.4) is 0 Å². The molecule has 1 aliphatic rings. The molecule has 0 atom stereocenters. The van der Waals surface area contributed by atoms with Gasteiger partial charge in [-0.2, -0.15) is 0 Å². The van der Waals surface area contributed by atoms with Crippen molar-refractivity contribution < 1.29 is 4.79 Å². The van der Waals surface area contributed by atoms with Gasteiger partial charge in [-0.15, -0.1) is 11.3 Å². The summed E-state index contributed by atoms with van der Waals surface area (Å²) in [5.74, 6) is -0.156. The minimum Gasteiger partial charge on any atom is -0.300 e. The lowest BCUT2D eigenvalue weighted by molar-refractivity contribution is -0.115. The number of carbonyl (C=O) groups is 1. The van der Waals surface area contributed by atoms with E-state index in [0.29, 0.717) is 15.1 Å². The first-order valence-electron chi connectivity index (χ1n) is 8.57. The van der Waals surface area contributed by atoms with E-state index in [2.05, 4.69) is 15.3 Å². The van der Waals surface area contributed by atoms with E-state index in [1.54, 1.807) is 6.08 Å². The van der Waals surface area contributed by atoms with Gasteiger partial charge in [-0.05, 0) is 54.9 Å². The lowest BCUT2D eigenvalue weighted by atomic mass is 10.1. The highest BCUT2D eigenvalue weighted by Gasteiger charge is 2.24. The summed E-state index contributed by atoms with van der Waals surface area (Å²) in [6, 6.07) is 13.6. The van der Waals surface area contributed by atoms with Gasteiger partial charge in [-0.25, -0.2) is 9.98 Å². The monoisotopic (exact) mass is 425 g/mol. The van der Waals surface area contributed by atoms with Crippen LogP contribution in [0.25, 0.3) is 16.6 Å². The average molecular weight is 426 g/mol. The average Bonchev–Trinajstić information content (AvgIpc) is 3.26. The van der Waals surface area contributed by atoms with Crippen molar-refractivity contribution in [2.75, 3.05) is 0 Å². The predicted molar refractivity (Wildman–Crippen MR) is 119 cm³/mol. The molecule has 1 aliphatic heterocycles. The van der Waals surface area contributed by atoms with E-state index in [4.69, 9.17) is 11.6 Å². The Morgan fingerprint density at radius 2 is 1.82 bits per heavy atom. The van der Waals surface area contributed by atoms with Gasteiger partial charge < -0.3 is 5.32 Å². The Morgan fingerprint density at radius 3 is 2.54 bits per heavy atom. The first-order chi connectivity index (χ1) is 13.5. The fraction of sp³-hybridized carbons (Fsp3) is 0.0952. The first-order valence-corrected chi connectivity index (χ1v) is 10.6. The summed E-state index contributed by atoms with van der Waals surface area (Å²) in [7, 11) is 0. The number of rotatable bonds is 3. The van der Waals surface area contributed by atoms with Crippen LogP contribution in [0.15, 0.2) is 57.7 Å². The number of benzene rings is 2. The summed E-state index contributed by atoms with van der Waals surface area (Å²) in [5.41, 5.74) is 4.80. The minimum absolute atomic E-state index is 0.156. The van der Waals surface area contributed by atoms with Crippen molar-refractivity contribution >= 4 is 57.5 Å². The Hall–Kier alpha value is -2.41. The molecule has 0 aliphatic carbocycles. The number of hydrogen-bond donors (Lipinski definition) is 1. The molecular formula is C21H16ClN3OS2. The van der Waals surface area contributed by atoms with E-state index in [-0.39, 0.29) is 5.91 Å². The Bertz CT molecular complexity index is 1100. The fourth-order valence-electron chi connectivity index (χ4n) is 2.78. The van der Waals surface area contributed by atoms with Crippen molar-refractivity contribution in [2.45, 2.75) is 13.8 Å². The van der Waals surface area contributed by atoms with E-state index < -0.39 is 0 Å². The van der Waals surface area contributed by atoms with E-state index in [9.17, 15) is 4.79 Å². The number of para-hydroxylation sites is 1. The number of hydrogen-bond acceptors (Lipinski definition) is 5. The van der Waals surface area contributed by atoms with E-state index in [1.165, 1.54) is 23.1 Å². The van der Waals surface area contributed by atoms with Crippen LogP contribution < -0.4 is 5.32 Å². The molecule has 0 unspecified atom stereocenters. The van der Waals surface area contributed by atoms with Crippen LogP contribution in [-0.4, -0.2) is 16.1 Å². The number of nitrogens with one attached hydrogen (secondary N) is 1. The minimum atomic E-state index is -0.156. The van der Waals surface area contributed by atoms with Crippen LogP contribution in [0.5, 0.6) is 0 Å². The van der Waals surface area contributed by atoms with Gasteiger partial charge in [0.05, 0.1) is 16.3 Å². The van der Waals surface area contributed by atoms with Crippen molar-refractivity contribution in [3.63, 3.8) is 0 Å². The zero-order chi connectivity index (χ0) is 19.7. The summed E-state index contributed by atoms with van der Waals surface area (Å²) in [6.07, 6.45) is 1.79. The number of halogens is 1. The molecule has 1 N–H and O–H groups in total. The standard InChI is InChI=1S/C21H16ClN3OS2/c1-12-4-3-5-13(2)18(12)24-21-25-19(26)17(28-21)10-16-11-27-20(23-16)14-6-8-15(22)9-7-14/h3-11H,1-2H3,(H,24,25,26)/b17-10+. The molecular weight excluding hydrogens is 410 g/mol. The lowest BCUT2D eigenvalue weighted by Gasteiger charge is -2.04. The summed E-state index contributed by atoms with van der Waals surface area (Å²) in [4.78, 5) is 22.2. The summed E-state index contributed by atoms with van der Waals surface area (Å²) in [6.45, 7) is 4.02. The summed E-state index contributed by atoms with van der Waals surface area (Å²) >= 11 is 8.80. The molecule has 1 aromatic heterocycles. The summed E-state index contributed by atoms with van der Waals surface area (Å²) < 4.78 is 0. The molecule has 2 aromatic carbocycles. The van der Waals surface area contributed by atoms with E-state index in [1.807, 2.05) is 61.7 Å². The van der Waals surface area contributed by atoms with Crippen LogP contribution >= 0.6 is 34.7 Å². The quantitative estimate of drug-likeness (QED) is 0.526.